The summed E-state index contributed by atoms with van der Waals surface area (Å²) in [6.45, 7) is 6.29. The second-order valence-electron chi connectivity index (χ2n) is 6.67. The number of morpholine rings is 1. The molecule has 3 heterocycles. The molecule has 1 N–H and O–H groups in total. The first kappa shape index (κ1) is 17.6. The molecule has 140 valence electrons. The fraction of sp³-hybridized carbons (Fsp3) is 0.350. The van der Waals surface area contributed by atoms with Crippen molar-refractivity contribution in [1.29, 1.82) is 0 Å². The van der Waals surface area contributed by atoms with Gasteiger partial charge in [0.1, 0.15) is 5.82 Å². The Morgan fingerprint density at radius 3 is 2.85 bits per heavy atom. The number of hydrogen-bond acceptors (Lipinski definition) is 6. The zero-order chi connectivity index (χ0) is 18.5. The fourth-order valence-corrected chi connectivity index (χ4v) is 3.38. The maximum atomic E-state index is 5.54. The minimum absolute atomic E-state index is 0.254. The summed E-state index contributed by atoms with van der Waals surface area (Å²) >= 11 is 0. The van der Waals surface area contributed by atoms with Crippen molar-refractivity contribution < 1.29 is 4.74 Å². The van der Waals surface area contributed by atoms with Gasteiger partial charge in [0.15, 0.2) is 5.82 Å². The normalized spacial score (nSPS) is 16.2. The highest BCUT2D eigenvalue weighted by atomic mass is 16.5. The average molecular weight is 364 g/mol. The van der Waals surface area contributed by atoms with E-state index < -0.39 is 0 Å². The number of rotatable bonds is 6. The van der Waals surface area contributed by atoms with Crippen molar-refractivity contribution in [2.75, 3.05) is 38.2 Å². The molecule has 0 spiro atoms. The minimum Gasteiger partial charge on any atom is -0.379 e. The predicted octanol–water partition coefficient (Wildman–Crippen LogP) is 2.46. The summed E-state index contributed by atoms with van der Waals surface area (Å²) in [5.74, 6) is 1.44. The van der Waals surface area contributed by atoms with Gasteiger partial charge in [-0.1, -0.05) is 29.8 Å². The van der Waals surface area contributed by atoms with E-state index in [4.69, 9.17) is 4.74 Å². The molecule has 0 aliphatic carbocycles. The van der Waals surface area contributed by atoms with Crippen molar-refractivity contribution >= 4 is 5.82 Å². The summed E-state index contributed by atoms with van der Waals surface area (Å²) in [6.07, 6.45) is 7.04. The summed E-state index contributed by atoms with van der Waals surface area (Å²) in [4.78, 5) is 11.4. The number of benzene rings is 1. The fourth-order valence-electron chi connectivity index (χ4n) is 3.38. The van der Waals surface area contributed by atoms with Crippen LogP contribution in [-0.2, 0) is 4.74 Å². The largest absolute Gasteiger partial charge is 0.379 e. The van der Waals surface area contributed by atoms with Crippen molar-refractivity contribution in [2.45, 2.75) is 13.0 Å². The lowest BCUT2D eigenvalue weighted by Gasteiger charge is -2.35. The van der Waals surface area contributed by atoms with E-state index in [9.17, 15) is 0 Å². The standard InChI is InChI=1S/C20H24N6O/c1-16-4-2-5-17(12-16)18(25-8-10-27-11-9-25)13-22-19-14-21-15-20(24-19)26-7-3-6-23-26/h2-7,12,14-15,18H,8-11,13H2,1H3,(H,22,24). The van der Waals surface area contributed by atoms with Gasteiger partial charge in [-0.05, 0) is 18.6 Å². The molecule has 1 saturated heterocycles. The first-order valence-electron chi connectivity index (χ1n) is 9.24. The Morgan fingerprint density at radius 2 is 2.07 bits per heavy atom. The summed E-state index contributed by atoms with van der Waals surface area (Å²) in [5, 5.41) is 7.68. The van der Waals surface area contributed by atoms with Crippen molar-refractivity contribution in [1.82, 2.24) is 24.6 Å². The molecule has 1 unspecified atom stereocenters. The van der Waals surface area contributed by atoms with Gasteiger partial charge >= 0.3 is 0 Å². The van der Waals surface area contributed by atoms with Gasteiger partial charge in [-0.15, -0.1) is 0 Å². The number of aryl methyl sites for hydroxylation is 1. The molecule has 1 aliphatic rings. The molecule has 0 amide bonds. The molecule has 7 heteroatoms. The maximum absolute atomic E-state index is 5.54. The zero-order valence-corrected chi connectivity index (χ0v) is 15.5. The lowest BCUT2D eigenvalue weighted by Crippen LogP contribution is -2.41. The third-order valence-electron chi connectivity index (χ3n) is 4.75. The number of hydrogen-bond donors (Lipinski definition) is 1. The van der Waals surface area contributed by atoms with E-state index in [0.29, 0.717) is 5.82 Å². The average Bonchev–Trinajstić information content (AvgIpc) is 3.24. The SMILES string of the molecule is Cc1cccc(C(CNc2cncc(-n3cccn3)n2)N2CCOCC2)c1. The van der Waals surface area contributed by atoms with Crippen molar-refractivity contribution in [2.24, 2.45) is 0 Å². The van der Waals surface area contributed by atoms with Crippen LogP contribution in [0.15, 0.2) is 55.1 Å². The van der Waals surface area contributed by atoms with E-state index in [1.165, 1.54) is 11.1 Å². The molecule has 0 bridgehead atoms. The smallest absolute Gasteiger partial charge is 0.173 e. The first-order valence-corrected chi connectivity index (χ1v) is 9.24. The minimum atomic E-state index is 0.254. The quantitative estimate of drug-likeness (QED) is 0.725. The molecule has 0 radical (unpaired) electrons. The highest BCUT2D eigenvalue weighted by Gasteiger charge is 2.22. The molecule has 1 aliphatic heterocycles. The molecule has 2 aromatic heterocycles. The third kappa shape index (κ3) is 4.32. The summed E-state index contributed by atoms with van der Waals surface area (Å²) in [5.41, 5.74) is 2.58. The second-order valence-corrected chi connectivity index (χ2v) is 6.67. The van der Waals surface area contributed by atoms with E-state index in [-0.39, 0.29) is 6.04 Å². The Hall–Kier alpha value is -2.77. The van der Waals surface area contributed by atoms with E-state index >= 15 is 0 Å². The van der Waals surface area contributed by atoms with Crippen molar-refractivity contribution in [3.05, 3.63) is 66.2 Å². The Morgan fingerprint density at radius 1 is 1.19 bits per heavy atom. The number of ether oxygens (including phenoxy) is 1. The van der Waals surface area contributed by atoms with E-state index in [1.807, 2.05) is 12.3 Å². The monoisotopic (exact) mass is 364 g/mol. The van der Waals surface area contributed by atoms with Gasteiger partial charge in [0.2, 0.25) is 0 Å². The highest BCUT2D eigenvalue weighted by Crippen LogP contribution is 2.23. The van der Waals surface area contributed by atoms with Crippen LogP contribution in [0.5, 0.6) is 0 Å². The van der Waals surface area contributed by atoms with Crippen LogP contribution in [0.25, 0.3) is 5.82 Å². The van der Waals surface area contributed by atoms with E-state index in [0.717, 1.165) is 38.7 Å². The van der Waals surface area contributed by atoms with Gasteiger partial charge in [0, 0.05) is 32.0 Å². The molecule has 7 nitrogen and oxygen atoms in total. The van der Waals surface area contributed by atoms with Gasteiger partial charge in [-0.2, -0.15) is 5.10 Å². The van der Waals surface area contributed by atoms with Crippen LogP contribution in [0.2, 0.25) is 0 Å². The van der Waals surface area contributed by atoms with E-state index in [2.05, 4.69) is 56.5 Å². The van der Waals surface area contributed by atoms with Gasteiger partial charge in [0.25, 0.3) is 0 Å². The zero-order valence-electron chi connectivity index (χ0n) is 15.5. The Bertz CT molecular complexity index is 860. The maximum Gasteiger partial charge on any atom is 0.173 e. The Kier molecular flexibility index (Phi) is 5.41. The van der Waals surface area contributed by atoms with Crippen LogP contribution in [-0.4, -0.2) is 57.5 Å². The first-order chi connectivity index (χ1) is 13.3. The van der Waals surface area contributed by atoms with Gasteiger partial charge in [-0.25, -0.2) is 9.67 Å². The van der Waals surface area contributed by atoms with Crippen molar-refractivity contribution in [3.63, 3.8) is 0 Å². The van der Waals surface area contributed by atoms with Crippen molar-refractivity contribution in [3.8, 4) is 5.82 Å². The molecule has 1 fully saturated rings. The highest BCUT2D eigenvalue weighted by molar-refractivity contribution is 5.37. The van der Waals surface area contributed by atoms with Crippen LogP contribution >= 0.6 is 0 Å². The molecular weight excluding hydrogens is 340 g/mol. The summed E-state index contributed by atoms with van der Waals surface area (Å²) in [7, 11) is 0. The Labute approximate surface area is 159 Å². The van der Waals surface area contributed by atoms with E-state index in [1.54, 1.807) is 23.3 Å². The molecule has 4 rings (SSSR count). The third-order valence-corrected chi connectivity index (χ3v) is 4.75. The molecule has 1 atom stereocenters. The van der Waals surface area contributed by atoms with Crippen LogP contribution in [0.4, 0.5) is 5.82 Å². The van der Waals surface area contributed by atoms with Crippen LogP contribution in [0, 0.1) is 6.92 Å². The van der Waals surface area contributed by atoms with Crippen LogP contribution in [0.1, 0.15) is 17.2 Å². The van der Waals surface area contributed by atoms with Crippen LogP contribution in [0.3, 0.4) is 0 Å². The summed E-state index contributed by atoms with van der Waals surface area (Å²) in [6, 6.07) is 10.8. The topological polar surface area (TPSA) is 68.1 Å². The predicted molar refractivity (Wildman–Crippen MR) is 104 cm³/mol. The molecule has 27 heavy (non-hydrogen) atoms. The summed E-state index contributed by atoms with van der Waals surface area (Å²) < 4.78 is 7.24. The van der Waals surface area contributed by atoms with Crippen LogP contribution < -0.4 is 5.32 Å². The second kappa shape index (κ2) is 8.28. The molecule has 0 saturated carbocycles. The number of nitrogens with one attached hydrogen (secondary N) is 1. The number of nitrogens with zero attached hydrogens (tertiary/aromatic N) is 5. The van der Waals surface area contributed by atoms with Gasteiger partial charge < -0.3 is 10.1 Å². The molecular formula is C20H24N6O. The Balaban J connectivity index is 1.52. The lowest BCUT2D eigenvalue weighted by atomic mass is 10.0. The number of anilines is 1. The van der Waals surface area contributed by atoms with Gasteiger partial charge in [-0.3, -0.25) is 9.88 Å². The molecule has 1 aromatic carbocycles. The lowest BCUT2D eigenvalue weighted by molar-refractivity contribution is 0.0187. The van der Waals surface area contributed by atoms with Gasteiger partial charge in [0.05, 0.1) is 31.6 Å². The number of aromatic nitrogens is 4. The molecule has 3 aromatic rings.